The Labute approximate surface area is 366 Å². The van der Waals surface area contributed by atoms with Crippen molar-refractivity contribution in [2.45, 2.75) is 139 Å². The molecule has 7 rings (SSSR count). The van der Waals surface area contributed by atoms with Gasteiger partial charge < -0.3 is 20.3 Å². The third kappa shape index (κ3) is 8.42. The van der Waals surface area contributed by atoms with Gasteiger partial charge in [-0.05, 0) is 134 Å². The number of ether oxygens (including phenoxy) is 1. The molecule has 5 fully saturated rings. The highest BCUT2D eigenvalue weighted by Crippen LogP contribution is 2.76. The molecular weight excluding hydrogens is 787 g/mol. The molecule has 7 atom stereocenters. The lowest BCUT2D eigenvalue weighted by Crippen LogP contribution is -2.64. The van der Waals surface area contributed by atoms with Crippen molar-refractivity contribution in [2.24, 2.45) is 50.2 Å². The van der Waals surface area contributed by atoms with E-state index in [4.69, 9.17) is 4.74 Å². The number of ketones is 1. The van der Waals surface area contributed by atoms with E-state index in [1.807, 2.05) is 6.07 Å². The van der Waals surface area contributed by atoms with E-state index in [9.17, 15) is 27.6 Å². The summed E-state index contributed by atoms with van der Waals surface area (Å²) in [6, 6.07) is 6.98. The summed E-state index contributed by atoms with van der Waals surface area (Å²) >= 11 is 0. The van der Waals surface area contributed by atoms with Gasteiger partial charge in [0, 0.05) is 38.5 Å². The summed E-state index contributed by atoms with van der Waals surface area (Å²) in [6.07, 6.45) is 12.6. The number of amides is 2. The molecule has 2 N–H and O–H groups in total. The van der Waals surface area contributed by atoms with Gasteiger partial charge in [-0.1, -0.05) is 77.8 Å². The quantitative estimate of drug-likeness (QED) is 0.0926. The molecule has 10 nitrogen and oxygen atoms in total. The number of esters is 1. The Morgan fingerprint density at radius 3 is 2.18 bits per heavy atom. The summed E-state index contributed by atoms with van der Waals surface area (Å²) < 4.78 is 29.3. The van der Waals surface area contributed by atoms with Crippen molar-refractivity contribution in [1.29, 1.82) is 0 Å². The van der Waals surface area contributed by atoms with Crippen LogP contribution >= 0.6 is 0 Å². The normalized spacial score (nSPS) is 35.0. The molecule has 1 saturated heterocycles. The second-order valence-electron chi connectivity index (χ2n) is 22.3. The van der Waals surface area contributed by atoms with Crippen LogP contribution in [0.15, 0.2) is 35.4 Å². The van der Waals surface area contributed by atoms with Crippen LogP contribution in [0.4, 0.5) is 0 Å². The van der Waals surface area contributed by atoms with Crippen molar-refractivity contribution in [3.63, 3.8) is 0 Å². The molecule has 1 aromatic carbocycles. The molecule has 5 aliphatic carbocycles. The summed E-state index contributed by atoms with van der Waals surface area (Å²) in [5.41, 5.74) is 3.63. The van der Waals surface area contributed by atoms with Gasteiger partial charge >= 0.3 is 5.97 Å². The van der Waals surface area contributed by atoms with E-state index in [-0.39, 0.29) is 80.8 Å². The van der Waals surface area contributed by atoms with Gasteiger partial charge in [0.15, 0.2) is 15.6 Å². The van der Waals surface area contributed by atoms with Crippen LogP contribution in [0.2, 0.25) is 0 Å². The van der Waals surface area contributed by atoms with Gasteiger partial charge in [-0.2, -0.15) is 0 Å². The number of fused-ring (bicyclic) bond motifs is 6. The van der Waals surface area contributed by atoms with Crippen LogP contribution < -0.4 is 10.6 Å². The van der Waals surface area contributed by atoms with Gasteiger partial charge in [-0.3, -0.25) is 14.4 Å². The van der Waals surface area contributed by atoms with Crippen molar-refractivity contribution in [1.82, 2.24) is 15.5 Å². The minimum absolute atomic E-state index is 0.0112. The molecular formula is C50H75N3O7S. The second kappa shape index (κ2) is 16.8. The second-order valence-corrected chi connectivity index (χ2v) is 24.6. The Morgan fingerprint density at radius 2 is 1.48 bits per heavy atom. The number of allylic oxidation sites excluding steroid dienone is 1. The van der Waals surface area contributed by atoms with Gasteiger partial charge in [0.05, 0.1) is 29.0 Å². The van der Waals surface area contributed by atoms with Gasteiger partial charge in [0.1, 0.15) is 6.61 Å². The fraction of sp³-hybridized carbons (Fsp3) is 0.760. The maximum atomic E-state index is 14.6. The minimum atomic E-state index is -2.91. The summed E-state index contributed by atoms with van der Waals surface area (Å²) in [6.45, 7) is 21.6. The van der Waals surface area contributed by atoms with Gasteiger partial charge in [0.2, 0.25) is 11.8 Å². The van der Waals surface area contributed by atoms with E-state index in [0.717, 1.165) is 83.6 Å². The summed E-state index contributed by atoms with van der Waals surface area (Å²) in [4.78, 5) is 55.3. The van der Waals surface area contributed by atoms with Crippen LogP contribution in [0.3, 0.4) is 0 Å². The monoisotopic (exact) mass is 862 g/mol. The molecule has 0 radical (unpaired) electrons. The third-order valence-corrected chi connectivity index (χ3v) is 19.8. The number of nitrogens with zero attached hydrogens (tertiary/aromatic N) is 1. The molecule has 1 aromatic rings. The molecule has 61 heavy (non-hydrogen) atoms. The number of benzene rings is 1. The van der Waals surface area contributed by atoms with Gasteiger partial charge in [0.25, 0.3) is 0 Å². The SMILES string of the molecule is CC(=O)NCCOC(=O)c1ccccc1C(=O)C[C@H]1CC[C@]2(C)C3CCC4=C5CC(C)(C)CC[C@]5(C(=O)NCCCN5CCS(=O)(=O)CC5)CC[C@@]4(C)[C@]3(C)CC[C@H]2C1(C)C. The number of rotatable bonds is 12. The Hall–Kier alpha value is -3.05. The Bertz CT molecular complexity index is 2030. The van der Waals surface area contributed by atoms with E-state index in [0.29, 0.717) is 43.5 Å². The van der Waals surface area contributed by atoms with E-state index < -0.39 is 21.2 Å². The number of hydrogen-bond donors (Lipinski definition) is 2. The maximum Gasteiger partial charge on any atom is 0.338 e. The molecule has 0 bridgehead atoms. The van der Waals surface area contributed by atoms with Gasteiger partial charge in [-0.25, -0.2) is 13.2 Å². The number of carbonyl (C=O) groups excluding carboxylic acids is 4. The van der Waals surface area contributed by atoms with Gasteiger partial charge in [-0.15, -0.1) is 0 Å². The molecule has 1 aliphatic heterocycles. The van der Waals surface area contributed by atoms with Crippen molar-refractivity contribution in [3.05, 3.63) is 46.5 Å². The van der Waals surface area contributed by atoms with Crippen LogP contribution in [-0.2, 0) is 24.2 Å². The van der Waals surface area contributed by atoms with Crippen LogP contribution in [-0.4, -0.2) is 87.7 Å². The van der Waals surface area contributed by atoms with E-state index in [1.54, 1.807) is 23.8 Å². The molecule has 1 heterocycles. The predicted molar refractivity (Wildman–Crippen MR) is 240 cm³/mol. The van der Waals surface area contributed by atoms with Crippen LogP contribution in [0.1, 0.15) is 160 Å². The van der Waals surface area contributed by atoms with E-state index >= 15 is 0 Å². The number of nitrogens with one attached hydrogen (secondary N) is 2. The first kappa shape index (κ1) is 46.0. The van der Waals surface area contributed by atoms with E-state index in [1.165, 1.54) is 12.5 Å². The zero-order valence-corrected chi connectivity index (χ0v) is 39.4. The number of hydrogen-bond acceptors (Lipinski definition) is 8. The standard InChI is InChI=1S/C50H75N3O7S/c1-34(54)51-25-29-60-43(56)37-13-10-9-12-36(37)40(55)32-35-16-18-47(6)41(46(35,4)5)17-19-49(8)42(47)15-14-38-39-33-45(2,3)20-22-50(39,23-21-48(38,49)7)44(57)52-24-11-26-53-27-30-61(58,59)31-28-53/h9-10,12-13,35,41-42H,11,14-33H2,1-8H3,(H,51,54)(H,52,57)/t35-,41+,42?,47+,48-,49-,50+/m1/s1. The fourth-order valence-electron chi connectivity index (χ4n) is 14.4. The van der Waals surface area contributed by atoms with E-state index in [2.05, 4.69) is 64.0 Å². The first-order valence-electron chi connectivity index (χ1n) is 23.6. The molecule has 0 aromatic heterocycles. The first-order chi connectivity index (χ1) is 28.6. The first-order valence-corrected chi connectivity index (χ1v) is 25.4. The lowest BCUT2D eigenvalue weighted by molar-refractivity contribution is -0.193. The molecule has 11 heteroatoms. The molecule has 0 spiro atoms. The minimum Gasteiger partial charge on any atom is -0.460 e. The largest absolute Gasteiger partial charge is 0.460 e. The average molecular weight is 862 g/mol. The summed E-state index contributed by atoms with van der Waals surface area (Å²) in [5, 5.41) is 6.06. The maximum absolute atomic E-state index is 14.6. The summed E-state index contributed by atoms with van der Waals surface area (Å²) in [5.74, 6) is 1.13. The fourth-order valence-corrected chi connectivity index (χ4v) is 15.7. The topological polar surface area (TPSA) is 139 Å². The Morgan fingerprint density at radius 1 is 0.787 bits per heavy atom. The average Bonchev–Trinajstić information content (AvgIpc) is 3.19. The lowest BCUT2D eigenvalue weighted by Gasteiger charge is -2.71. The molecule has 4 saturated carbocycles. The number of carbonyl (C=O) groups is 4. The Kier molecular flexibility index (Phi) is 12.7. The van der Waals surface area contributed by atoms with Crippen LogP contribution in [0.25, 0.3) is 0 Å². The highest BCUT2D eigenvalue weighted by molar-refractivity contribution is 7.91. The van der Waals surface area contributed by atoms with Crippen molar-refractivity contribution < 1.29 is 32.3 Å². The predicted octanol–water partition coefficient (Wildman–Crippen LogP) is 8.35. The lowest BCUT2D eigenvalue weighted by atomic mass is 9.33. The zero-order valence-electron chi connectivity index (χ0n) is 38.6. The molecule has 2 amide bonds. The zero-order chi connectivity index (χ0) is 44.2. The third-order valence-electron chi connectivity index (χ3n) is 18.2. The highest BCUT2D eigenvalue weighted by atomic mass is 32.2. The summed E-state index contributed by atoms with van der Waals surface area (Å²) in [7, 11) is -2.91. The Balaban J connectivity index is 1.07. The van der Waals surface area contributed by atoms with Crippen molar-refractivity contribution in [3.8, 4) is 0 Å². The molecule has 6 aliphatic rings. The van der Waals surface area contributed by atoms with Crippen LogP contribution in [0.5, 0.6) is 0 Å². The smallest absolute Gasteiger partial charge is 0.338 e. The molecule has 1 unspecified atom stereocenters. The van der Waals surface area contributed by atoms with Crippen LogP contribution in [0, 0.1) is 50.2 Å². The molecule has 338 valence electrons. The number of Topliss-reactive ketones (excluding diaryl/α,β-unsaturated/α-hetero) is 1. The number of sulfone groups is 1. The van der Waals surface area contributed by atoms with Crippen molar-refractivity contribution >= 4 is 33.4 Å². The van der Waals surface area contributed by atoms with Crippen molar-refractivity contribution in [2.75, 3.05) is 50.8 Å². The highest BCUT2D eigenvalue weighted by Gasteiger charge is 2.68.